The van der Waals surface area contributed by atoms with Crippen LogP contribution >= 0.6 is 0 Å². The average molecular weight is 188 g/mol. The molecule has 0 aliphatic heterocycles. The molecule has 0 aromatic carbocycles. The highest BCUT2D eigenvalue weighted by Gasteiger charge is 2.42. The van der Waals surface area contributed by atoms with Crippen LogP contribution in [0.1, 0.15) is 51.4 Å². The number of rotatable bonds is 0. The normalized spacial score (nSPS) is 54.9. The van der Waals surface area contributed by atoms with Crippen molar-refractivity contribution in [1.29, 1.82) is 0 Å². The van der Waals surface area contributed by atoms with E-state index in [1.807, 2.05) is 11.1 Å². The molecule has 4 aliphatic carbocycles. The van der Waals surface area contributed by atoms with Gasteiger partial charge in [-0.05, 0) is 75.0 Å². The van der Waals surface area contributed by atoms with E-state index in [9.17, 15) is 0 Å². The smallest absolute Gasteiger partial charge is 0.0197 e. The summed E-state index contributed by atoms with van der Waals surface area (Å²) >= 11 is 0. The van der Waals surface area contributed by atoms with Gasteiger partial charge in [0.05, 0.1) is 0 Å². The molecule has 4 bridgehead atoms. The third-order valence-electron chi connectivity index (χ3n) is 5.50. The number of fused-ring (bicyclic) bond motifs is 4. The maximum atomic E-state index is 1.98. The van der Waals surface area contributed by atoms with Crippen LogP contribution in [-0.4, -0.2) is 0 Å². The zero-order valence-electron chi connectivity index (χ0n) is 8.97. The Labute approximate surface area is 86.8 Å². The zero-order valence-corrected chi connectivity index (χ0v) is 8.97. The second kappa shape index (κ2) is 2.65. The first-order valence-electron chi connectivity index (χ1n) is 6.62. The quantitative estimate of drug-likeness (QED) is 0.505. The highest BCUT2D eigenvalue weighted by Crippen LogP contribution is 2.56. The Morgan fingerprint density at radius 2 is 1.14 bits per heavy atom. The third-order valence-corrected chi connectivity index (χ3v) is 5.50. The van der Waals surface area contributed by atoms with Crippen LogP contribution in [0.4, 0.5) is 0 Å². The first-order valence-corrected chi connectivity index (χ1v) is 6.62. The lowest BCUT2D eigenvalue weighted by molar-refractivity contribution is 0.521. The van der Waals surface area contributed by atoms with E-state index in [0.717, 1.165) is 23.7 Å². The fourth-order valence-corrected chi connectivity index (χ4v) is 4.90. The molecule has 4 fully saturated rings. The molecule has 0 amide bonds. The summed E-state index contributed by atoms with van der Waals surface area (Å²) in [7, 11) is 0. The molecule has 4 rings (SSSR count). The lowest BCUT2D eigenvalue weighted by Gasteiger charge is -2.22. The number of hydrogen-bond donors (Lipinski definition) is 0. The summed E-state index contributed by atoms with van der Waals surface area (Å²) in [5.74, 6) is 4.35. The van der Waals surface area contributed by atoms with Gasteiger partial charge in [0.1, 0.15) is 0 Å². The molecule has 4 aliphatic rings. The van der Waals surface area contributed by atoms with E-state index < -0.39 is 0 Å². The second-order valence-electron chi connectivity index (χ2n) is 6.21. The lowest BCUT2D eigenvalue weighted by Crippen LogP contribution is -2.07. The van der Waals surface area contributed by atoms with Gasteiger partial charge in [-0.15, -0.1) is 0 Å². The van der Waals surface area contributed by atoms with Crippen LogP contribution in [0.2, 0.25) is 0 Å². The van der Waals surface area contributed by atoms with Gasteiger partial charge < -0.3 is 0 Å². The summed E-state index contributed by atoms with van der Waals surface area (Å²) < 4.78 is 0. The van der Waals surface area contributed by atoms with Crippen LogP contribution in [0.3, 0.4) is 0 Å². The summed E-state index contributed by atoms with van der Waals surface area (Å²) in [6.07, 6.45) is 12.4. The molecule has 0 aromatic heterocycles. The van der Waals surface area contributed by atoms with E-state index in [2.05, 4.69) is 0 Å². The SMILES string of the molecule is C1C[C@H]2C[C@@H]1C/C2=C1/C[C@@H]2CC[C@H]1C2. The second-order valence-corrected chi connectivity index (χ2v) is 6.21. The van der Waals surface area contributed by atoms with E-state index in [0.29, 0.717) is 0 Å². The molecular formula is C14H20. The van der Waals surface area contributed by atoms with Crippen LogP contribution in [-0.2, 0) is 0 Å². The van der Waals surface area contributed by atoms with Gasteiger partial charge in [-0.3, -0.25) is 0 Å². The van der Waals surface area contributed by atoms with Crippen molar-refractivity contribution in [2.75, 3.05) is 0 Å². The molecule has 0 heteroatoms. The minimum Gasteiger partial charge on any atom is -0.0673 e. The summed E-state index contributed by atoms with van der Waals surface area (Å²) in [6.45, 7) is 0. The Morgan fingerprint density at radius 3 is 1.43 bits per heavy atom. The summed E-state index contributed by atoms with van der Waals surface area (Å²) in [5.41, 5.74) is 3.96. The van der Waals surface area contributed by atoms with E-state index in [-0.39, 0.29) is 0 Å². The van der Waals surface area contributed by atoms with Gasteiger partial charge in [-0.1, -0.05) is 11.1 Å². The van der Waals surface area contributed by atoms with Crippen molar-refractivity contribution < 1.29 is 0 Å². The molecule has 0 nitrogen and oxygen atoms in total. The molecule has 4 saturated carbocycles. The molecular weight excluding hydrogens is 168 g/mol. The van der Waals surface area contributed by atoms with Gasteiger partial charge in [0, 0.05) is 0 Å². The molecule has 0 N–H and O–H groups in total. The minimum atomic E-state index is 1.06. The summed E-state index contributed by atoms with van der Waals surface area (Å²) in [5, 5.41) is 0. The van der Waals surface area contributed by atoms with Gasteiger partial charge in [-0.2, -0.15) is 0 Å². The molecule has 0 saturated heterocycles. The largest absolute Gasteiger partial charge is 0.0673 e. The van der Waals surface area contributed by atoms with Crippen molar-refractivity contribution in [3.8, 4) is 0 Å². The predicted octanol–water partition coefficient (Wildman–Crippen LogP) is 3.92. The highest BCUT2D eigenvalue weighted by atomic mass is 14.5. The number of hydrogen-bond acceptors (Lipinski definition) is 0. The van der Waals surface area contributed by atoms with Crippen LogP contribution in [0.15, 0.2) is 11.1 Å². The Balaban J connectivity index is 1.70. The molecule has 0 radical (unpaired) electrons. The fourth-order valence-electron chi connectivity index (χ4n) is 4.90. The Bertz CT molecular complexity index is 269. The van der Waals surface area contributed by atoms with Gasteiger partial charge in [0.2, 0.25) is 0 Å². The van der Waals surface area contributed by atoms with Crippen LogP contribution in [0.5, 0.6) is 0 Å². The van der Waals surface area contributed by atoms with Gasteiger partial charge in [0.25, 0.3) is 0 Å². The van der Waals surface area contributed by atoms with Crippen LogP contribution in [0, 0.1) is 23.7 Å². The van der Waals surface area contributed by atoms with Crippen molar-refractivity contribution >= 4 is 0 Å². The maximum absolute atomic E-state index is 1.98. The van der Waals surface area contributed by atoms with Crippen LogP contribution < -0.4 is 0 Å². The topological polar surface area (TPSA) is 0 Å². The summed E-state index contributed by atoms with van der Waals surface area (Å²) in [6, 6.07) is 0. The Hall–Kier alpha value is -0.260. The molecule has 0 unspecified atom stereocenters. The van der Waals surface area contributed by atoms with Gasteiger partial charge >= 0.3 is 0 Å². The average Bonchev–Trinajstić information content (AvgIpc) is 2.96. The molecule has 4 atom stereocenters. The fraction of sp³-hybridized carbons (Fsp3) is 0.857. The Kier molecular flexibility index (Phi) is 1.51. The third kappa shape index (κ3) is 0.951. The van der Waals surface area contributed by atoms with E-state index in [1.54, 1.807) is 38.5 Å². The first kappa shape index (κ1) is 7.96. The predicted molar refractivity (Wildman–Crippen MR) is 57.9 cm³/mol. The van der Waals surface area contributed by atoms with Gasteiger partial charge in [0.15, 0.2) is 0 Å². The summed E-state index contributed by atoms with van der Waals surface area (Å²) in [4.78, 5) is 0. The Morgan fingerprint density at radius 1 is 0.643 bits per heavy atom. The molecule has 76 valence electrons. The van der Waals surface area contributed by atoms with E-state index >= 15 is 0 Å². The molecule has 14 heavy (non-hydrogen) atoms. The molecule has 0 aromatic rings. The minimum absolute atomic E-state index is 1.06. The lowest BCUT2D eigenvalue weighted by atomic mass is 9.83. The highest BCUT2D eigenvalue weighted by molar-refractivity contribution is 5.29. The van der Waals surface area contributed by atoms with Gasteiger partial charge in [-0.25, -0.2) is 0 Å². The van der Waals surface area contributed by atoms with E-state index in [1.165, 1.54) is 12.8 Å². The molecule has 0 spiro atoms. The monoisotopic (exact) mass is 188 g/mol. The van der Waals surface area contributed by atoms with Crippen molar-refractivity contribution in [1.82, 2.24) is 0 Å². The maximum Gasteiger partial charge on any atom is -0.0197 e. The van der Waals surface area contributed by atoms with Crippen molar-refractivity contribution in [3.05, 3.63) is 11.1 Å². The van der Waals surface area contributed by atoms with E-state index in [4.69, 9.17) is 0 Å². The van der Waals surface area contributed by atoms with Crippen molar-refractivity contribution in [2.45, 2.75) is 51.4 Å². The zero-order chi connectivity index (χ0) is 9.12. The van der Waals surface area contributed by atoms with Crippen LogP contribution in [0.25, 0.3) is 0 Å². The standard InChI is InChI=1S/C14H20/c1-3-11-5-9(1)7-13(11)14-8-10-2-4-12(14)6-10/h9-12H,1-8H2/b14-13+/t9-,10-,11+,12+/m1/s1. The molecule has 0 heterocycles. The first-order chi connectivity index (χ1) is 6.90. The van der Waals surface area contributed by atoms with Crippen molar-refractivity contribution in [2.24, 2.45) is 23.7 Å². The number of allylic oxidation sites excluding steroid dienone is 2. The van der Waals surface area contributed by atoms with Crippen molar-refractivity contribution in [3.63, 3.8) is 0 Å².